The predicted octanol–water partition coefficient (Wildman–Crippen LogP) is 1.77. The van der Waals surface area contributed by atoms with Gasteiger partial charge in [0.1, 0.15) is 5.82 Å². The average Bonchev–Trinajstić information content (AvgIpc) is 2.16. The normalized spacial score (nSPS) is 10.5. The number of rotatable bonds is 1. The standard InChI is InChI=1S/C8H5ClN4O2/c9-8-11-6-2-1-4(13(14)15)3-5(6)7(10)12-8/h1-3H,(H2,10,11,12). The molecule has 2 N–H and O–H groups in total. The molecule has 0 radical (unpaired) electrons. The third-order valence-electron chi connectivity index (χ3n) is 1.89. The number of nitrogen functional groups attached to an aromatic ring is 1. The Labute approximate surface area is 88.8 Å². The van der Waals surface area contributed by atoms with Crippen molar-refractivity contribution < 1.29 is 4.92 Å². The van der Waals surface area contributed by atoms with Crippen LogP contribution < -0.4 is 5.73 Å². The lowest BCUT2D eigenvalue weighted by molar-refractivity contribution is -0.384. The van der Waals surface area contributed by atoms with Crippen LogP contribution in [0.25, 0.3) is 10.9 Å². The number of nitro benzene ring substituents is 1. The average molecular weight is 225 g/mol. The maximum Gasteiger partial charge on any atom is 0.270 e. The quantitative estimate of drug-likeness (QED) is 0.453. The maximum absolute atomic E-state index is 10.5. The van der Waals surface area contributed by atoms with Gasteiger partial charge in [-0.25, -0.2) is 9.97 Å². The number of nitro groups is 1. The van der Waals surface area contributed by atoms with Gasteiger partial charge in [-0.05, 0) is 17.7 Å². The molecule has 1 aromatic heterocycles. The smallest absolute Gasteiger partial charge is 0.270 e. The van der Waals surface area contributed by atoms with Crippen LogP contribution in [0.1, 0.15) is 0 Å². The van der Waals surface area contributed by atoms with Crippen LogP contribution in [0, 0.1) is 10.1 Å². The zero-order valence-electron chi connectivity index (χ0n) is 7.35. The second-order valence-corrected chi connectivity index (χ2v) is 3.17. The highest BCUT2D eigenvalue weighted by molar-refractivity contribution is 6.28. The van der Waals surface area contributed by atoms with Gasteiger partial charge in [0, 0.05) is 17.5 Å². The minimum Gasteiger partial charge on any atom is -0.383 e. The lowest BCUT2D eigenvalue weighted by Gasteiger charge is -2.00. The predicted molar refractivity (Wildman–Crippen MR) is 55.6 cm³/mol. The number of fused-ring (bicyclic) bond motifs is 1. The van der Waals surface area contributed by atoms with Crippen LogP contribution in [0.5, 0.6) is 0 Å². The van der Waals surface area contributed by atoms with Gasteiger partial charge in [0.05, 0.1) is 10.4 Å². The Morgan fingerprint density at radius 3 is 2.80 bits per heavy atom. The lowest BCUT2D eigenvalue weighted by atomic mass is 10.2. The van der Waals surface area contributed by atoms with Crippen molar-refractivity contribution in [1.29, 1.82) is 0 Å². The summed E-state index contributed by atoms with van der Waals surface area (Å²) >= 11 is 5.59. The largest absolute Gasteiger partial charge is 0.383 e. The summed E-state index contributed by atoms with van der Waals surface area (Å²) in [6.45, 7) is 0. The van der Waals surface area contributed by atoms with Crippen LogP contribution in [-0.2, 0) is 0 Å². The molecule has 0 saturated carbocycles. The van der Waals surface area contributed by atoms with E-state index in [9.17, 15) is 10.1 Å². The Morgan fingerprint density at radius 2 is 2.13 bits per heavy atom. The van der Waals surface area contributed by atoms with Gasteiger partial charge in [0.2, 0.25) is 5.28 Å². The molecule has 1 heterocycles. The third kappa shape index (κ3) is 1.66. The highest BCUT2D eigenvalue weighted by atomic mass is 35.5. The fraction of sp³-hybridized carbons (Fsp3) is 0. The van der Waals surface area contributed by atoms with E-state index >= 15 is 0 Å². The number of hydrogen-bond acceptors (Lipinski definition) is 5. The third-order valence-corrected chi connectivity index (χ3v) is 2.06. The molecule has 0 saturated heterocycles. The molecular weight excluding hydrogens is 220 g/mol. The van der Waals surface area contributed by atoms with Gasteiger partial charge in [-0.3, -0.25) is 10.1 Å². The Balaban J connectivity index is 2.76. The number of benzene rings is 1. The van der Waals surface area contributed by atoms with Crippen LogP contribution in [0.15, 0.2) is 18.2 Å². The summed E-state index contributed by atoms with van der Waals surface area (Å²) in [4.78, 5) is 17.6. The van der Waals surface area contributed by atoms with Gasteiger partial charge in [0.15, 0.2) is 0 Å². The molecule has 0 unspecified atom stereocenters. The summed E-state index contributed by atoms with van der Waals surface area (Å²) in [5.74, 6) is 0.133. The monoisotopic (exact) mass is 224 g/mol. The Morgan fingerprint density at radius 1 is 1.40 bits per heavy atom. The second kappa shape index (κ2) is 3.32. The van der Waals surface area contributed by atoms with Crippen molar-refractivity contribution in [3.63, 3.8) is 0 Å². The van der Waals surface area contributed by atoms with Crippen molar-refractivity contribution in [1.82, 2.24) is 9.97 Å². The fourth-order valence-electron chi connectivity index (χ4n) is 1.22. The number of hydrogen-bond donors (Lipinski definition) is 1. The molecule has 2 aromatic rings. The van der Waals surface area contributed by atoms with Gasteiger partial charge in [-0.2, -0.15) is 0 Å². The first-order chi connectivity index (χ1) is 7.08. The summed E-state index contributed by atoms with van der Waals surface area (Å²) < 4.78 is 0. The molecule has 0 spiro atoms. The van der Waals surface area contributed by atoms with Crippen LogP contribution in [0.3, 0.4) is 0 Å². The van der Waals surface area contributed by atoms with Gasteiger partial charge < -0.3 is 5.73 Å². The minimum absolute atomic E-state index is 0.0221. The Kier molecular flexibility index (Phi) is 2.12. The molecule has 15 heavy (non-hydrogen) atoms. The van der Waals surface area contributed by atoms with E-state index in [1.165, 1.54) is 18.2 Å². The second-order valence-electron chi connectivity index (χ2n) is 2.84. The summed E-state index contributed by atoms with van der Waals surface area (Å²) in [5, 5.41) is 11.0. The van der Waals surface area contributed by atoms with Crippen LogP contribution in [-0.4, -0.2) is 14.9 Å². The van der Waals surface area contributed by atoms with Crippen molar-refractivity contribution in [2.24, 2.45) is 0 Å². The Hall–Kier alpha value is -1.95. The number of halogens is 1. The molecular formula is C8H5ClN4O2. The van der Waals surface area contributed by atoms with Gasteiger partial charge in [-0.1, -0.05) is 0 Å². The molecule has 1 aromatic carbocycles. The van der Waals surface area contributed by atoms with E-state index in [2.05, 4.69) is 9.97 Å². The molecule has 0 aliphatic rings. The van der Waals surface area contributed by atoms with Gasteiger partial charge in [0.25, 0.3) is 5.69 Å². The first-order valence-electron chi connectivity index (χ1n) is 3.95. The highest BCUT2D eigenvalue weighted by Gasteiger charge is 2.10. The molecule has 0 atom stereocenters. The van der Waals surface area contributed by atoms with E-state index in [1.54, 1.807) is 0 Å². The van der Waals surface area contributed by atoms with Gasteiger partial charge in [-0.15, -0.1) is 0 Å². The van der Waals surface area contributed by atoms with Crippen molar-refractivity contribution in [2.75, 3.05) is 5.73 Å². The Bertz CT molecular complexity index is 558. The summed E-state index contributed by atoms with van der Waals surface area (Å²) in [5.41, 5.74) is 6.00. The molecule has 0 amide bonds. The molecule has 2 rings (SSSR count). The maximum atomic E-state index is 10.5. The summed E-state index contributed by atoms with van der Waals surface area (Å²) in [6, 6.07) is 4.14. The molecule has 6 nitrogen and oxygen atoms in total. The summed E-state index contributed by atoms with van der Waals surface area (Å²) in [7, 11) is 0. The zero-order chi connectivity index (χ0) is 11.0. The highest BCUT2D eigenvalue weighted by Crippen LogP contribution is 2.24. The number of non-ortho nitro benzene ring substituents is 1. The van der Waals surface area contributed by atoms with Crippen molar-refractivity contribution in [3.05, 3.63) is 33.6 Å². The van der Waals surface area contributed by atoms with E-state index in [4.69, 9.17) is 17.3 Å². The summed E-state index contributed by atoms with van der Waals surface area (Å²) in [6.07, 6.45) is 0. The number of nitrogens with zero attached hydrogens (tertiary/aromatic N) is 3. The van der Waals surface area contributed by atoms with Crippen LogP contribution >= 0.6 is 11.6 Å². The van der Waals surface area contributed by atoms with Crippen LogP contribution in [0.2, 0.25) is 5.28 Å². The van der Waals surface area contributed by atoms with Gasteiger partial charge >= 0.3 is 0 Å². The van der Waals surface area contributed by atoms with Crippen molar-refractivity contribution in [3.8, 4) is 0 Å². The van der Waals surface area contributed by atoms with E-state index < -0.39 is 4.92 Å². The van der Waals surface area contributed by atoms with E-state index in [0.717, 1.165) is 0 Å². The minimum atomic E-state index is -0.506. The molecule has 7 heteroatoms. The molecule has 0 fully saturated rings. The van der Waals surface area contributed by atoms with E-state index in [-0.39, 0.29) is 16.8 Å². The number of nitrogens with two attached hydrogens (primary N) is 1. The topological polar surface area (TPSA) is 94.9 Å². The number of aromatic nitrogens is 2. The van der Waals surface area contributed by atoms with E-state index in [0.29, 0.717) is 10.9 Å². The first kappa shape index (κ1) is 9.60. The SMILES string of the molecule is Nc1nc(Cl)nc2ccc([N+](=O)[O-])cc12. The van der Waals surface area contributed by atoms with Crippen LogP contribution in [0.4, 0.5) is 11.5 Å². The lowest BCUT2D eigenvalue weighted by Crippen LogP contribution is -1.96. The molecule has 0 aliphatic heterocycles. The fourth-order valence-corrected chi connectivity index (χ4v) is 1.41. The van der Waals surface area contributed by atoms with Crippen molar-refractivity contribution in [2.45, 2.75) is 0 Å². The zero-order valence-corrected chi connectivity index (χ0v) is 8.10. The first-order valence-corrected chi connectivity index (χ1v) is 4.33. The molecule has 0 bridgehead atoms. The molecule has 76 valence electrons. The van der Waals surface area contributed by atoms with E-state index in [1.807, 2.05) is 0 Å². The van der Waals surface area contributed by atoms with Crippen molar-refractivity contribution >= 4 is 34.0 Å². The molecule has 0 aliphatic carbocycles. The number of anilines is 1.